The van der Waals surface area contributed by atoms with E-state index in [4.69, 9.17) is 26.1 Å². The summed E-state index contributed by atoms with van der Waals surface area (Å²) < 4.78 is 12.8. The third-order valence-electron chi connectivity index (χ3n) is 7.64. The van der Waals surface area contributed by atoms with E-state index in [2.05, 4.69) is 9.97 Å². The van der Waals surface area contributed by atoms with Crippen LogP contribution in [0.15, 0.2) is 47.4 Å². The van der Waals surface area contributed by atoms with Crippen molar-refractivity contribution in [3.63, 3.8) is 0 Å². The van der Waals surface area contributed by atoms with Crippen LogP contribution in [0.3, 0.4) is 0 Å². The molecule has 232 valence electrons. The van der Waals surface area contributed by atoms with Gasteiger partial charge in [0.25, 0.3) is 0 Å². The molecule has 0 N–H and O–H groups in total. The average Bonchev–Trinajstić information content (AvgIpc) is 2.96. The number of pyridine rings is 2. The van der Waals surface area contributed by atoms with Crippen LogP contribution >= 0.6 is 11.6 Å². The highest BCUT2D eigenvalue weighted by atomic mass is 35.5. The van der Waals surface area contributed by atoms with Crippen LogP contribution in [-0.2, 0) is 4.74 Å². The van der Waals surface area contributed by atoms with Crippen molar-refractivity contribution in [1.82, 2.24) is 24.4 Å². The molecule has 10 nitrogen and oxygen atoms in total. The molecule has 0 radical (unpaired) electrons. The van der Waals surface area contributed by atoms with Crippen LogP contribution in [0, 0.1) is 6.92 Å². The molecule has 44 heavy (non-hydrogen) atoms. The first-order valence-corrected chi connectivity index (χ1v) is 15.2. The van der Waals surface area contributed by atoms with Gasteiger partial charge in [0.05, 0.1) is 34.6 Å². The molecule has 0 bridgehead atoms. The number of piperazine rings is 1. The van der Waals surface area contributed by atoms with Crippen LogP contribution in [-0.4, -0.2) is 68.9 Å². The first kappa shape index (κ1) is 31.3. The fourth-order valence-electron chi connectivity index (χ4n) is 5.60. The predicted octanol–water partition coefficient (Wildman–Crippen LogP) is 6.38. The van der Waals surface area contributed by atoms with Crippen LogP contribution in [0.4, 0.5) is 10.6 Å². The summed E-state index contributed by atoms with van der Waals surface area (Å²) in [4.78, 5) is 45.0. The molecule has 1 atom stereocenters. The van der Waals surface area contributed by atoms with Crippen molar-refractivity contribution < 1.29 is 14.3 Å². The van der Waals surface area contributed by atoms with Crippen LogP contribution < -0.4 is 15.3 Å². The number of ether oxygens (including phenoxy) is 2. The number of hydrogen-bond acceptors (Lipinski definition) is 8. The number of amides is 1. The number of fused-ring (bicyclic) bond motifs is 1. The summed E-state index contributed by atoms with van der Waals surface area (Å²) in [6, 6.07) is 11.0. The van der Waals surface area contributed by atoms with Gasteiger partial charge >= 0.3 is 11.8 Å². The van der Waals surface area contributed by atoms with E-state index in [1.54, 1.807) is 22.8 Å². The highest BCUT2D eigenvalue weighted by molar-refractivity contribution is 6.34. The summed E-state index contributed by atoms with van der Waals surface area (Å²) in [5.41, 5.74) is 2.80. The van der Waals surface area contributed by atoms with Crippen LogP contribution in [0.5, 0.6) is 5.75 Å². The second kappa shape index (κ2) is 12.1. The molecular weight excluding hydrogens is 580 g/mol. The van der Waals surface area contributed by atoms with Gasteiger partial charge in [-0.3, -0.25) is 4.98 Å². The lowest BCUT2D eigenvalue weighted by atomic mass is 10.0. The first-order valence-electron chi connectivity index (χ1n) is 14.8. The summed E-state index contributed by atoms with van der Waals surface area (Å²) in [7, 11) is 1.60. The van der Waals surface area contributed by atoms with Crippen molar-refractivity contribution >= 4 is 34.5 Å². The van der Waals surface area contributed by atoms with Crippen molar-refractivity contribution in [2.45, 2.75) is 66.0 Å². The van der Waals surface area contributed by atoms with E-state index < -0.39 is 11.3 Å². The summed E-state index contributed by atoms with van der Waals surface area (Å²) in [6.45, 7) is 14.8. The minimum atomic E-state index is -0.597. The number of para-hydroxylation sites is 1. The number of rotatable bonds is 5. The zero-order chi connectivity index (χ0) is 31.9. The Morgan fingerprint density at radius 2 is 1.84 bits per heavy atom. The molecule has 1 fully saturated rings. The first-order chi connectivity index (χ1) is 20.8. The zero-order valence-corrected chi connectivity index (χ0v) is 27.3. The van der Waals surface area contributed by atoms with Gasteiger partial charge in [0.15, 0.2) is 5.65 Å². The standard InChI is InChI=1S/C33H39ClN6O4/c1-19(2)26-28(20(3)13-14-35-26)40-30-23(17-24(34)27(36-30)22-11-9-10-12-25(22)43-8)29(37-31(40)41)39-16-15-38(18-21(39)4)32(42)44-33(5,6)7/h9-14,17,19,21H,15-16,18H2,1-8H3/t21-/m0/s1. The van der Waals surface area contributed by atoms with Gasteiger partial charge in [-0.15, -0.1) is 0 Å². The van der Waals surface area contributed by atoms with Crippen molar-refractivity contribution in [2.24, 2.45) is 0 Å². The molecule has 1 amide bonds. The van der Waals surface area contributed by atoms with E-state index in [1.807, 2.05) is 89.8 Å². The summed E-state index contributed by atoms with van der Waals surface area (Å²) >= 11 is 6.96. The summed E-state index contributed by atoms with van der Waals surface area (Å²) in [5.74, 6) is 1.11. The highest BCUT2D eigenvalue weighted by Gasteiger charge is 2.33. The second-order valence-corrected chi connectivity index (χ2v) is 12.8. The molecule has 4 aromatic rings. The van der Waals surface area contributed by atoms with E-state index >= 15 is 0 Å². The molecule has 11 heteroatoms. The molecule has 1 aromatic carbocycles. The predicted molar refractivity (Wildman–Crippen MR) is 173 cm³/mol. The number of carbonyl (C=O) groups excluding carboxylic acids is 1. The summed E-state index contributed by atoms with van der Waals surface area (Å²) in [6.07, 6.45) is 1.39. The molecule has 4 heterocycles. The number of anilines is 1. The number of aryl methyl sites for hydroxylation is 1. The van der Waals surface area contributed by atoms with Gasteiger partial charge < -0.3 is 19.3 Å². The Labute approximate surface area is 262 Å². The van der Waals surface area contributed by atoms with Crippen LogP contribution in [0.2, 0.25) is 5.02 Å². The molecule has 0 spiro atoms. The maximum Gasteiger partial charge on any atom is 0.410 e. The van der Waals surface area contributed by atoms with E-state index in [0.717, 1.165) is 11.3 Å². The maximum absolute atomic E-state index is 14.1. The molecule has 5 rings (SSSR count). The molecule has 1 aliphatic rings. The van der Waals surface area contributed by atoms with E-state index in [1.165, 1.54) is 0 Å². The lowest BCUT2D eigenvalue weighted by molar-refractivity contribution is 0.0218. The van der Waals surface area contributed by atoms with Gasteiger partial charge in [0, 0.05) is 37.4 Å². The Balaban J connectivity index is 1.73. The smallest absolute Gasteiger partial charge is 0.410 e. The Morgan fingerprint density at radius 1 is 1.11 bits per heavy atom. The zero-order valence-electron chi connectivity index (χ0n) is 26.5. The number of nitrogens with zero attached hydrogens (tertiary/aromatic N) is 6. The number of halogens is 1. The largest absolute Gasteiger partial charge is 0.496 e. The fourth-order valence-corrected chi connectivity index (χ4v) is 5.86. The average molecular weight is 619 g/mol. The Hall–Kier alpha value is -4.18. The Morgan fingerprint density at radius 3 is 2.50 bits per heavy atom. The number of hydrogen-bond donors (Lipinski definition) is 0. The Bertz CT molecular complexity index is 1780. The molecule has 0 saturated carbocycles. The van der Waals surface area contributed by atoms with Gasteiger partial charge in [-0.2, -0.15) is 4.98 Å². The molecule has 1 saturated heterocycles. The third kappa shape index (κ3) is 5.95. The minimum Gasteiger partial charge on any atom is -0.496 e. The van der Waals surface area contributed by atoms with Crippen LogP contribution in [0.1, 0.15) is 58.7 Å². The van der Waals surface area contributed by atoms with Crippen molar-refractivity contribution in [2.75, 3.05) is 31.6 Å². The van der Waals surface area contributed by atoms with Gasteiger partial charge in [-0.25, -0.2) is 19.1 Å². The number of benzene rings is 1. The van der Waals surface area contributed by atoms with Gasteiger partial charge in [0.2, 0.25) is 0 Å². The fraction of sp³-hybridized carbons (Fsp3) is 0.424. The lowest BCUT2D eigenvalue weighted by Crippen LogP contribution is -2.55. The second-order valence-electron chi connectivity index (χ2n) is 12.4. The SMILES string of the molecule is COc1ccccc1-c1nc2c(cc1Cl)c(N1CCN(C(=O)OC(C)(C)C)C[C@@H]1C)nc(=O)n2-c1c(C)ccnc1C(C)C. The topological polar surface area (TPSA) is 103 Å². The van der Waals surface area contributed by atoms with Crippen molar-refractivity contribution in [1.29, 1.82) is 0 Å². The number of aromatic nitrogens is 4. The third-order valence-corrected chi connectivity index (χ3v) is 7.93. The molecule has 0 aliphatic carbocycles. The van der Waals surface area contributed by atoms with E-state index in [0.29, 0.717) is 64.2 Å². The van der Waals surface area contributed by atoms with Crippen LogP contribution in [0.25, 0.3) is 28.0 Å². The molecular formula is C33H39ClN6O4. The molecule has 1 aliphatic heterocycles. The lowest BCUT2D eigenvalue weighted by Gasteiger charge is -2.41. The monoisotopic (exact) mass is 618 g/mol. The van der Waals surface area contributed by atoms with Crippen molar-refractivity contribution in [3.8, 4) is 22.7 Å². The molecule has 0 unspecified atom stereocenters. The highest BCUT2D eigenvalue weighted by Crippen LogP contribution is 2.38. The van der Waals surface area contributed by atoms with E-state index in [9.17, 15) is 9.59 Å². The normalized spacial score (nSPS) is 15.6. The van der Waals surface area contributed by atoms with Gasteiger partial charge in [-0.05, 0) is 70.4 Å². The van der Waals surface area contributed by atoms with Gasteiger partial charge in [-0.1, -0.05) is 37.6 Å². The minimum absolute atomic E-state index is 0.0356. The molecule has 3 aromatic heterocycles. The van der Waals surface area contributed by atoms with Crippen molar-refractivity contribution in [3.05, 3.63) is 69.4 Å². The van der Waals surface area contributed by atoms with E-state index in [-0.39, 0.29) is 18.1 Å². The maximum atomic E-state index is 14.1. The summed E-state index contributed by atoms with van der Waals surface area (Å²) in [5, 5.41) is 1.01. The number of carbonyl (C=O) groups is 1. The number of methoxy groups -OCH3 is 1. The Kier molecular flexibility index (Phi) is 8.57. The van der Waals surface area contributed by atoms with Gasteiger partial charge in [0.1, 0.15) is 17.2 Å². The quantitative estimate of drug-likeness (QED) is 0.254.